The molecule has 1 aliphatic heterocycles. The number of carbonyl (C=O) groups excluding carboxylic acids is 1. The van der Waals surface area contributed by atoms with E-state index in [1.54, 1.807) is 6.33 Å². The number of aryl methyl sites for hydroxylation is 1. The number of urea groups is 1. The average Bonchev–Trinajstić information content (AvgIpc) is 3.07. The molecule has 1 aliphatic rings. The third-order valence-electron chi connectivity index (χ3n) is 3.86. The molecule has 2 heterocycles. The fourth-order valence-corrected chi connectivity index (χ4v) is 2.50. The SMILES string of the molecule is CCn1cnnc1CNC(=O)N[C@H](C)c1ccc2c(c1)OCCO2. The standard InChI is InChI=1S/C16H21N5O3/c1-3-21-10-18-20-15(21)9-17-16(22)19-11(2)12-4-5-13-14(8-12)24-7-6-23-13/h4-5,8,10-11H,3,6-7,9H2,1-2H3,(H2,17,19,22)/t11-/m1/s1. The highest BCUT2D eigenvalue weighted by molar-refractivity contribution is 5.74. The van der Waals surface area contributed by atoms with Gasteiger partial charge in [0.2, 0.25) is 0 Å². The Morgan fingerprint density at radius 3 is 2.92 bits per heavy atom. The van der Waals surface area contributed by atoms with Gasteiger partial charge in [-0.2, -0.15) is 0 Å². The summed E-state index contributed by atoms with van der Waals surface area (Å²) in [4.78, 5) is 12.1. The van der Waals surface area contributed by atoms with Crippen LogP contribution in [0.15, 0.2) is 24.5 Å². The van der Waals surface area contributed by atoms with Crippen LogP contribution in [-0.4, -0.2) is 34.0 Å². The van der Waals surface area contributed by atoms with E-state index in [0.717, 1.165) is 23.7 Å². The van der Waals surface area contributed by atoms with Crippen molar-refractivity contribution in [3.8, 4) is 11.5 Å². The molecular formula is C16H21N5O3. The smallest absolute Gasteiger partial charge is 0.315 e. The van der Waals surface area contributed by atoms with E-state index in [1.807, 2.05) is 36.6 Å². The minimum absolute atomic E-state index is 0.162. The van der Waals surface area contributed by atoms with Gasteiger partial charge in [0.05, 0.1) is 12.6 Å². The Kier molecular flexibility index (Phi) is 4.83. The van der Waals surface area contributed by atoms with Crippen LogP contribution in [0.25, 0.3) is 0 Å². The first kappa shape index (κ1) is 16.1. The van der Waals surface area contributed by atoms with E-state index >= 15 is 0 Å². The number of hydrogen-bond acceptors (Lipinski definition) is 5. The molecule has 128 valence electrons. The number of benzene rings is 1. The quantitative estimate of drug-likeness (QED) is 0.869. The number of hydrogen-bond donors (Lipinski definition) is 2. The maximum Gasteiger partial charge on any atom is 0.315 e. The molecule has 8 nitrogen and oxygen atoms in total. The summed E-state index contributed by atoms with van der Waals surface area (Å²) in [5.74, 6) is 2.17. The molecule has 0 saturated heterocycles. The molecule has 1 aromatic carbocycles. The number of amides is 2. The van der Waals surface area contributed by atoms with E-state index in [-0.39, 0.29) is 12.1 Å². The van der Waals surface area contributed by atoms with E-state index in [2.05, 4.69) is 20.8 Å². The maximum absolute atomic E-state index is 12.1. The Bertz CT molecular complexity index is 715. The summed E-state index contributed by atoms with van der Waals surface area (Å²) in [7, 11) is 0. The maximum atomic E-state index is 12.1. The van der Waals surface area contributed by atoms with Crippen molar-refractivity contribution >= 4 is 6.03 Å². The van der Waals surface area contributed by atoms with Crippen molar-refractivity contribution in [2.24, 2.45) is 0 Å². The van der Waals surface area contributed by atoms with Crippen LogP contribution in [0.5, 0.6) is 11.5 Å². The number of carbonyl (C=O) groups is 1. The summed E-state index contributed by atoms with van der Waals surface area (Å²) in [6.45, 7) is 6.10. The van der Waals surface area contributed by atoms with Crippen molar-refractivity contribution in [2.45, 2.75) is 33.0 Å². The third kappa shape index (κ3) is 3.58. The van der Waals surface area contributed by atoms with Crippen molar-refractivity contribution in [3.63, 3.8) is 0 Å². The van der Waals surface area contributed by atoms with Crippen LogP contribution < -0.4 is 20.1 Å². The van der Waals surface area contributed by atoms with Crippen molar-refractivity contribution in [2.75, 3.05) is 13.2 Å². The topological polar surface area (TPSA) is 90.3 Å². The second-order valence-corrected chi connectivity index (χ2v) is 5.48. The van der Waals surface area contributed by atoms with E-state index < -0.39 is 0 Å². The fraction of sp³-hybridized carbons (Fsp3) is 0.438. The predicted octanol–water partition coefficient (Wildman–Crippen LogP) is 1.63. The molecular weight excluding hydrogens is 310 g/mol. The Morgan fingerprint density at radius 2 is 2.12 bits per heavy atom. The molecule has 24 heavy (non-hydrogen) atoms. The highest BCUT2D eigenvalue weighted by atomic mass is 16.6. The normalized spacial score (nSPS) is 14.1. The average molecular weight is 331 g/mol. The zero-order chi connectivity index (χ0) is 16.9. The van der Waals surface area contributed by atoms with Gasteiger partial charge in [0.25, 0.3) is 0 Å². The van der Waals surface area contributed by atoms with Gasteiger partial charge >= 0.3 is 6.03 Å². The van der Waals surface area contributed by atoms with Gasteiger partial charge in [0, 0.05) is 6.54 Å². The van der Waals surface area contributed by atoms with Gasteiger partial charge in [-0.25, -0.2) is 4.79 Å². The summed E-state index contributed by atoms with van der Waals surface area (Å²) >= 11 is 0. The summed E-state index contributed by atoms with van der Waals surface area (Å²) < 4.78 is 13.0. The van der Waals surface area contributed by atoms with Crippen molar-refractivity contribution in [3.05, 3.63) is 35.9 Å². The molecule has 1 aromatic heterocycles. The lowest BCUT2D eigenvalue weighted by Gasteiger charge is -2.21. The highest BCUT2D eigenvalue weighted by Crippen LogP contribution is 2.32. The van der Waals surface area contributed by atoms with Crippen LogP contribution in [0.1, 0.15) is 31.3 Å². The number of rotatable bonds is 5. The van der Waals surface area contributed by atoms with Gasteiger partial charge in [-0.1, -0.05) is 6.07 Å². The number of aromatic nitrogens is 3. The van der Waals surface area contributed by atoms with Gasteiger partial charge < -0.3 is 24.7 Å². The summed E-state index contributed by atoms with van der Waals surface area (Å²) in [6.07, 6.45) is 1.65. The van der Waals surface area contributed by atoms with Crippen LogP contribution in [0.2, 0.25) is 0 Å². The zero-order valence-electron chi connectivity index (χ0n) is 13.8. The minimum atomic E-state index is -0.261. The van der Waals surface area contributed by atoms with Crippen LogP contribution in [0.4, 0.5) is 4.79 Å². The predicted molar refractivity (Wildman–Crippen MR) is 86.9 cm³/mol. The lowest BCUT2D eigenvalue weighted by atomic mass is 10.1. The monoisotopic (exact) mass is 331 g/mol. The van der Waals surface area contributed by atoms with Crippen LogP contribution in [0.3, 0.4) is 0 Å². The Balaban J connectivity index is 1.56. The Hall–Kier alpha value is -2.77. The van der Waals surface area contributed by atoms with Crippen molar-refractivity contribution in [1.29, 1.82) is 0 Å². The molecule has 3 rings (SSSR count). The van der Waals surface area contributed by atoms with Crippen molar-refractivity contribution < 1.29 is 14.3 Å². The first-order chi connectivity index (χ1) is 11.7. The summed E-state index contributed by atoms with van der Waals surface area (Å²) in [5.41, 5.74) is 0.950. The number of nitrogens with zero attached hydrogens (tertiary/aromatic N) is 3. The summed E-state index contributed by atoms with van der Waals surface area (Å²) in [6, 6.07) is 5.26. The Morgan fingerprint density at radius 1 is 1.33 bits per heavy atom. The molecule has 0 spiro atoms. The number of fused-ring (bicyclic) bond motifs is 1. The Labute approximate surface area is 140 Å². The van der Waals surface area contributed by atoms with E-state index in [1.165, 1.54) is 0 Å². The number of nitrogens with one attached hydrogen (secondary N) is 2. The lowest BCUT2D eigenvalue weighted by molar-refractivity contribution is 0.171. The molecule has 0 fully saturated rings. The molecule has 0 radical (unpaired) electrons. The highest BCUT2D eigenvalue weighted by Gasteiger charge is 2.16. The molecule has 8 heteroatoms. The van der Waals surface area contributed by atoms with Crippen molar-refractivity contribution in [1.82, 2.24) is 25.4 Å². The minimum Gasteiger partial charge on any atom is -0.486 e. The second-order valence-electron chi connectivity index (χ2n) is 5.48. The summed E-state index contributed by atoms with van der Waals surface area (Å²) in [5, 5.41) is 13.5. The van der Waals surface area contributed by atoms with E-state index in [9.17, 15) is 4.79 Å². The lowest BCUT2D eigenvalue weighted by Crippen LogP contribution is -2.37. The van der Waals surface area contributed by atoms with Gasteiger partial charge in [0.15, 0.2) is 17.3 Å². The van der Waals surface area contributed by atoms with E-state index in [0.29, 0.717) is 25.5 Å². The molecule has 2 amide bonds. The molecule has 0 bridgehead atoms. The molecule has 2 N–H and O–H groups in total. The van der Waals surface area contributed by atoms with Crippen LogP contribution in [-0.2, 0) is 13.1 Å². The zero-order valence-corrected chi connectivity index (χ0v) is 13.8. The fourth-order valence-electron chi connectivity index (χ4n) is 2.50. The van der Waals surface area contributed by atoms with Gasteiger partial charge in [-0.05, 0) is 31.5 Å². The van der Waals surface area contributed by atoms with Crippen LogP contribution >= 0.6 is 0 Å². The van der Waals surface area contributed by atoms with Crippen LogP contribution in [0, 0.1) is 0 Å². The number of ether oxygens (including phenoxy) is 2. The largest absolute Gasteiger partial charge is 0.486 e. The van der Waals surface area contributed by atoms with Gasteiger partial charge in [-0.3, -0.25) is 0 Å². The van der Waals surface area contributed by atoms with Gasteiger partial charge in [-0.15, -0.1) is 10.2 Å². The molecule has 1 atom stereocenters. The molecule has 0 unspecified atom stereocenters. The second kappa shape index (κ2) is 7.20. The van der Waals surface area contributed by atoms with E-state index in [4.69, 9.17) is 9.47 Å². The van der Waals surface area contributed by atoms with Gasteiger partial charge in [0.1, 0.15) is 19.5 Å². The molecule has 0 saturated carbocycles. The molecule has 2 aromatic rings. The first-order valence-electron chi connectivity index (χ1n) is 7.98. The third-order valence-corrected chi connectivity index (χ3v) is 3.86. The molecule has 0 aliphatic carbocycles. The first-order valence-corrected chi connectivity index (χ1v) is 7.98.